The van der Waals surface area contributed by atoms with Crippen LogP contribution >= 0.6 is 0 Å². The Balaban J connectivity index is 2.20. The van der Waals surface area contributed by atoms with Crippen molar-refractivity contribution in [3.05, 3.63) is 0 Å². The highest BCUT2D eigenvalue weighted by molar-refractivity contribution is 5.82. The molecule has 11 heavy (non-hydrogen) atoms. The molecule has 0 aromatic heterocycles. The Morgan fingerprint density at radius 2 is 2.27 bits per heavy atom. The summed E-state index contributed by atoms with van der Waals surface area (Å²) in [7, 11) is 0. The SMILES string of the molecule is CC(C)CC[C@@H]1CCCC1=O. The number of carbonyl (C=O) groups is 1. The lowest BCUT2D eigenvalue weighted by molar-refractivity contribution is -0.120. The molecule has 1 saturated carbocycles. The summed E-state index contributed by atoms with van der Waals surface area (Å²) >= 11 is 0. The van der Waals surface area contributed by atoms with Crippen LogP contribution in [0.5, 0.6) is 0 Å². The largest absolute Gasteiger partial charge is 0.299 e. The van der Waals surface area contributed by atoms with Gasteiger partial charge in [-0.3, -0.25) is 4.79 Å². The normalized spacial score (nSPS) is 25.0. The number of Topliss-reactive ketones (excluding diaryl/α,β-unsaturated/α-hetero) is 1. The number of ketones is 1. The quantitative estimate of drug-likeness (QED) is 0.611. The van der Waals surface area contributed by atoms with E-state index in [0.717, 1.165) is 31.6 Å². The third kappa shape index (κ3) is 2.64. The third-order valence-electron chi connectivity index (χ3n) is 2.52. The average Bonchev–Trinajstić information content (AvgIpc) is 2.31. The minimum Gasteiger partial charge on any atom is -0.299 e. The smallest absolute Gasteiger partial charge is 0.135 e. The van der Waals surface area contributed by atoms with Crippen molar-refractivity contribution < 1.29 is 4.79 Å². The van der Waals surface area contributed by atoms with Gasteiger partial charge in [-0.2, -0.15) is 0 Å². The van der Waals surface area contributed by atoms with Crippen LogP contribution in [0.4, 0.5) is 0 Å². The zero-order valence-electron chi connectivity index (χ0n) is 7.60. The number of hydrogen-bond acceptors (Lipinski definition) is 1. The first-order valence-corrected chi connectivity index (χ1v) is 4.73. The maximum atomic E-state index is 11.2. The number of carbonyl (C=O) groups excluding carboxylic acids is 1. The zero-order valence-corrected chi connectivity index (χ0v) is 7.60. The van der Waals surface area contributed by atoms with E-state index in [2.05, 4.69) is 13.8 Å². The van der Waals surface area contributed by atoms with Crippen LogP contribution in [0.1, 0.15) is 46.0 Å². The zero-order chi connectivity index (χ0) is 8.27. The van der Waals surface area contributed by atoms with E-state index in [9.17, 15) is 4.79 Å². The topological polar surface area (TPSA) is 17.1 Å². The van der Waals surface area contributed by atoms with E-state index >= 15 is 0 Å². The molecule has 1 nitrogen and oxygen atoms in total. The van der Waals surface area contributed by atoms with Crippen molar-refractivity contribution in [3.8, 4) is 0 Å². The van der Waals surface area contributed by atoms with Gasteiger partial charge in [-0.25, -0.2) is 0 Å². The Morgan fingerprint density at radius 1 is 1.55 bits per heavy atom. The summed E-state index contributed by atoms with van der Waals surface area (Å²) in [5, 5.41) is 0. The van der Waals surface area contributed by atoms with Gasteiger partial charge in [0.05, 0.1) is 0 Å². The maximum Gasteiger partial charge on any atom is 0.135 e. The molecule has 1 rings (SSSR count). The minimum atomic E-state index is 0.428. The van der Waals surface area contributed by atoms with Crippen LogP contribution in [-0.2, 0) is 4.79 Å². The fourth-order valence-corrected chi connectivity index (χ4v) is 1.73. The van der Waals surface area contributed by atoms with Gasteiger partial charge in [0.2, 0.25) is 0 Å². The predicted octanol–water partition coefficient (Wildman–Crippen LogP) is 2.79. The Labute approximate surface area is 69.2 Å². The summed E-state index contributed by atoms with van der Waals surface area (Å²) in [5.74, 6) is 1.70. The maximum absolute atomic E-state index is 11.2. The highest BCUT2D eigenvalue weighted by Gasteiger charge is 2.23. The fourth-order valence-electron chi connectivity index (χ4n) is 1.73. The average molecular weight is 154 g/mol. The molecule has 1 atom stereocenters. The summed E-state index contributed by atoms with van der Waals surface area (Å²) in [6.45, 7) is 4.44. The number of rotatable bonds is 3. The summed E-state index contributed by atoms with van der Waals surface area (Å²) in [6, 6.07) is 0. The van der Waals surface area contributed by atoms with Crippen molar-refractivity contribution in [1.82, 2.24) is 0 Å². The molecule has 0 aliphatic heterocycles. The molecule has 0 heterocycles. The van der Waals surface area contributed by atoms with Crippen LogP contribution in [0.3, 0.4) is 0 Å². The minimum absolute atomic E-state index is 0.428. The molecule has 0 bridgehead atoms. The van der Waals surface area contributed by atoms with Crippen LogP contribution in [-0.4, -0.2) is 5.78 Å². The Morgan fingerprint density at radius 3 is 2.73 bits per heavy atom. The van der Waals surface area contributed by atoms with Gasteiger partial charge in [0.25, 0.3) is 0 Å². The lowest BCUT2D eigenvalue weighted by Crippen LogP contribution is -2.06. The Hall–Kier alpha value is -0.330. The molecular weight excluding hydrogens is 136 g/mol. The monoisotopic (exact) mass is 154 g/mol. The molecule has 0 radical (unpaired) electrons. The first-order valence-electron chi connectivity index (χ1n) is 4.73. The standard InChI is InChI=1S/C10H18O/c1-8(2)6-7-9-4-3-5-10(9)11/h8-9H,3-7H2,1-2H3/t9-/m0/s1. The third-order valence-corrected chi connectivity index (χ3v) is 2.52. The lowest BCUT2D eigenvalue weighted by Gasteiger charge is -2.08. The van der Waals surface area contributed by atoms with Gasteiger partial charge < -0.3 is 0 Å². The predicted molar refractivity (Wildman–Crippen MR) is 46.4 cm³/mol. The van der Waals surface area contributed by atoms with Gasteiger partial charge in [-0.15, -0.1) is 0 Å². The van der Waals surface area contributed by atoms with Crippen LogP contribution in [0, 0.1) is 11.8 Å². The Kier molecular flexibility index (Phi) is 3.10. The van der Waals surface area contributed by atoms with E-state index in [1.165, 1.54) is 6.42 Å². The molecule has 1 fully saturated rings. The van der Waals surface area contributed by atoms with Crippen molar-refractivity contribution >= 4 is 5.78 Å². The van der Waals surface area contributed by atoms with Crippen molar-refractivity contribution in [1.29, 1.82) is 0 Å². The van der Waals surface area contributed by atoms with Crippen LogP contribution in [0.25, 0.3) is 0 Å². The summed E-state index contributed by atoms with van der Waals surface area (Å²) in [4.78, 5) is 11.2. The van der Waals surface area contributed by atoms with Gasteiger partial charge in [-0.1, -0.05) is 20.3 Å². The molecule has 0 spiro atoms. The van der Waals surface area contributed by atoms with E-state index in [-0.39, 0.29) is 0 Å². The first-order chi connectivity index (χ1) is 5.20. The van der Waals surface area contributed by atoms with E-state index in [4.69, 9.17) is 0 Å². The second kappa shape index (κ2) is 3.89. The van der Waals surface area contributed by atoms with Crippen molar-refractivity contribution in [3.63, 3.8) is 0 Å². The van der Waals surface area contributed by atoms with Gasteiger partial charge in [0, 0.05) is 12.3 Å². The first kappa shape index (κ1) is 8.76. The van der Waals surface area contributed by atoms with E-state index in [1.807, 2.05) is 0 Å². The molecule has 64 valence electrons. The molecule has 0 aromatic rings. The van der Waals surface area contributed by atoms with Crippen molar-refractivity contribution in [2.45, 2.75) is 46.0 Å². The lowest BCUT2D eigenvalue weighted by atomic mass is 9.96. The fraction of sp³-hybridized carbons (Fsp3) is 0.900. The van der Waals surface area contributed by atoms with Crippen LogP contribution in [0.2, 0.25) is 0 Å². The number of hydrogen-bond donors (Lipinski definition) is 0. The highest BCUT2D eigenvalue weighted by Crippen LogP contribution is 2.26. The molecular formula is C10H18O. The molecule has 1 aliphatic carbocycles. The second-order valence-corrected chi connectivity index (χ2v) is 4.03. The molecule has 0 unspecified atom stereocenters. The van der Waals surface area contributed by atoms with Gasteiger partial charge >= 0.3 is 0 Å². The van der Waals surface area contributed by atoms with Gasteiger partial charge in [0.1, 0.15) is 5.78 Å². The summed E-state index contributed by atoms with van der Waals surface area (Å²) in [6.07, 6.45) is 5.50. The van der Waals surface area contributed by atoms with E-state index in [1.54, 1.807) is 0 Å². The molecule has 0 aromatic carbocycles. The molecule has 1 heteroatoms. The summed E-state index contributed by atoms with van der Waals surface area (Å²) in [5.41, 5.74) is 0. The van der Waals surface area contributed by atoms with Gasteiger partial charge in [0.15, 0.2) is 0 Å². The molecule has 0 amide bonds. The van der Waals surface area contributed by atoms with Crippen molar-refractivity contribution in [2.75, 3.05) is 0 Å². The van der Waals surface area contributed by atoms with Crippen LogP contribution < -0.4 is 0 Å². The highest BCUT2D eigenvalue weighted by atomic mass is 16.1. The Bertz CT molecular complexity index is 138. The van der Waals surface area contributed by atoms with E-state index in [0.29, 0.717) is 11.7 Å². The second-order valence-electron chi connectivity index (χ2n) is 4.03. The van der Waals surface area contributed by atoms with Crippen LogP contribution in [0.15, 0.2) is 0 Å². The molecule has 0 N–H and O–H groups in total. The molecule has 0 saturated heterocycles. The van der Waals surface area contributed by atoms with Crippen molar-refractivity contribution in [2.24, 2.45) is 11.8 Å². The summed E-state index contributed by atoms with van der Waals surface area (Å²) < 4.78 is 0. The van der Waals surface area contributed by atoms with E-state index < -0.39 is 0 Å². The van der Waals surface area contributed by atoms with Gasteiger partial charge in [-0.05, 0) is 25.2 Å². The molecule has 1 aliphatic rings.